The Morgan fingerprint density at radius 1 is 1.33 bits per heavy atom. The zero-order valence-corrected chi connectivity index (χ0v) is 13.6. The maximum atomic E-state index is 12.1. The molecule has 21 heavy (non-hydrogen) atoms. The predicted molar refractivity (Wildman–Crippen MR) is 83.6 cm³/mol. The van der Waals surface area contributed by atoms with Gasteiger partial charge in [-0.25, -0.2) is 9.78 Å². The molecule has 1 saturated heterocycles. The SMILES string of the molecule is Cc1ccc(N2CCN(C(=O)OC(C)(C)C)CC2C)nc1. The van der Waals surface area contributed by atoms with Crippen LogP contribution in [0.2, 0.25) is 0 Å². The van der Waals surface area contributed by atoms with E-state index >= 15 is 0 Å². The van der Waals surface area contributed by atoms with Gasteiger partial charge in [-0.05, 0) is 46.2 Å². The molecule has 1 amide bonds. The molecule has 116 valence electrons. The molecule has 1 aromatic rings. The van der Waals surface area contributed by atoms with Gasteiger partial charge in [0, 0.05) is 31.9 Å². The lowest BCUT2D eigenvalue weighted by atomic mass is 10.2. The summed E-state index contributed by atoms with van der Waals surface area (Å²) in [5, 5.41) is 0. The predicted octanol–water partition coefficient (Wildman–Crippen LogP) is 2.84. The van der Waals surface area contributed by atoms with Crippen molar-refractivity contribution in [3.05, 3.63) is 23.9 Å². The summed E-state index contributed by atoms with van der Waals surface area (Å²) >= 11 is 0. The molecule has 0 radical (unpaired) electrons. The number of aryl methyl sites for hydroxylation is 1. The van der Waals surface area contributed by atoms with Crippen molar-refractivity contribution in [1.29, 1.82) is 0 Å². The number of amides is 1. The Kier molecular flexibility index (Phi) is 4.40. The molecule has 5 nitrogen and oxygen atoms in total. The van der Waals surface area contributed by atoms with Crippen LogP contribution >= 0.6 is 0 Å². The molecule has 1 aliphatic rings. The van der Waals surface area contributed by atoms with Gasteiger partial charge in [0.2, 0.25) is 0 Å². The normalized spacial score (nSPS) is 19.6. The molecule has 2 rings (SSSR count). The van der Waals surface area contributed by atoms with E-state index in [1.165, 1.54) is 0 Å². The first-order valence-electron chi connectivity index (χ1n) is 7.43. The number of anilines is 1. The molecule has 1 aromatic heterocycles. The van der Waals surface area contributed by atoms with Crippen molar-refractivity contribution in [3.8, 4) is 0 Å². The Morgan fingerprint density at radius 3 is 2.57 bits per heavy atom. The van der Waals surface area contributed by atoms with Crippen molar-refractivity contribution in [2.75, 3.05) is 24.5 Å². The summed E-state index contributed by atoms with van der Waals surface area (Å²) in [6.45, 7) is 11.9. The highest BCUT2D eigenvalue weighted by Gasteiger charge is 2.30. The number of hydrogen-bond acceptors (Lipinski definition) is 4. The van der Waals surface area contributed by atoms with Crippen LogP contribution in [0.3, 0.4) is 0 Å². The lowest BCUT2D eigenvalue weighted by Gasteiger charge is -2.40. The van der Waals surface area contributed by atoms with E-state index in [2.05, 4.69) is 22.9 Å². The summed E-state index contributed by atoms with van der Waals surface area (Å²) < 4.78 is 5.44. The zero-order valence-electron chi connectivity index (χ0n) is 13.6. The van der Waals surface area contributed by atoms with Crippen LogP contribution < -0.4 is 4.90 Å². The first-order chi connectivity index (χ1) is 9.76. The van der Waals surface area contributed by atoms with Crippen molar-refractivity contribution in [2.24, 2.45) is 0 Å². The summed E-state index contributed by atoms with van der Waals surface area (Å²) in [7, 11) is 0. The fourth-order valence-corrected chi connectivity index (χ4v) is 2.42. The van der Waals surface area contributed by atoms with E-state index in [0.717, 1.165) is 17.9 Å². The zero-order chi connectivity index (χ0) is 15.6. The number of pyridine rings is 1. The number of carbonyl (C=O) groups is 1. The Labute approximate surface area is 126 Å². The molecular formula is C16H25N3O2. The van der Waals surface area contributed by atoms with Crippen LogP contribution in [0.25, 0.3) is 0 Å². The molecule has 0 bridgehead atoms. The molecule has 1 aliphatic heterocycles. The van der Waals surface area contributed by atoms with Crippen LogP contribution in [-0.2, 0) is 4.74 Å². The summed E-state index contributed by atoms with van der Waals surface area (Å²) in [6.07, 6.45) is 1.65. The average molecular weight is 291 g/mol. The maximum absolute atomic E-state index is 12.1. The summed E-state index contributed by atoms with van der Waals surface area (Å²) in [4.78, 5) is 20.6. The van der Waals surface area contributed by atoms with Gasteiger partial charge in [0.25, 0.3) is 0 Å². The van der Waals surface area contributed by atoms with Gasteiger partial charge in [0.1, 0.15) is 11.4 Å². The van der Waals surface area contributed by atoms with Crippen LogP contribution in [0.1, 0.15) is 33.3 Å². The van der Waals surface area contributed by atoms with Crippen LogP contribution in [0.5, 0.6) is 0 Å². The van der Waals surface area contributed by atoms with E-state index < -0.39 is 5.60 Å². The quantitative estimate of drug-likeness (QED) is 0.798. The van der Waals surface area contributed by atoms with Crippen molar-refractivity contribution in [1.82, 2.24) is 9.88 Å². The lowest BCUT2D eigenvalue weighted by Crippen LogP contribution is -2.54. The third-order valence-electron chi connectivity index (χ3n) is 3.47. The Balaban J connectivity index is 1.99. The number of carbonyl (C=O) groups excluding carboxylic acids is 1. The van der Waals surface area contributed by atoms with Gasteiger partial charge in [-0.1, -0.05) is 6.07 Å². The second-order valence-electron chi connectivity index (χ2n) is 6.66. The largest absolute Gasteiger partial charge is 0.444 e. The van der Waals surface area contributed by atoms with Gasteiger partial charge in [-0.3, -0.25) is 0 Å². The van der Waals surface area contributed by atoms with Gasteiger partial charge >= 0.3 is 6.09 Å². The van der Waals surface area contributed by atoms with Crippen molar-refractivity contribution in [3.63, 3.8) is 0 Å². The van der Waals surface area contributed by atoms with E-state index in [9.17, 15) is 4.79 Å². The molecule has 0 aliphatic carbocycles. The molecule has 1 unspecified atom stereocenters. The minimum atomic E-state index is -0.448. The van der Waals surface area contributed by atoms with E-state index in [1.54, 1.807) is 4.90 Å². The van der Waals surface area contributed by atoms with Gasteiger partial charge in [0.05, 0.1) is 0 Å². The molecule has 0 spiro atoms. The number of rotatable bonds is 1. The third-order valence-corrected chi connectivity index (χ3v) is 3.47. The third kappa shape index (κ3) is 4.09. The van der Waals surface area contributed by atoms with Gasteiger partial charge in [-0.2, -0.15) is 0 Å². The van der Waals surface area contributed by atoms with Crippen LogP contribution in [-0.4, -0.2) is 47.3 Å². The van der Waals surface area contributed by atoms with E-state index in [-0.39, 0.29) is 12.1 Å². The van der Waals surface area contributed by atoms with Crippen LogP contribution in [0.4, 0.5) is 10.6 Å². The minimum Gasteiger partial charge on any atom is -0.444 e. The number of nitrogens with zero attached hydrogens (tertiary/aromatic N) is 3. The van der Waals surface area contributed by atoms with E-state index in [0.29, 0.717) is 13.1 Å². The standard InChI is InChI=1S/C16H25N3O2/c1-12-6-7-14(17-10-12)19-9-8-18(11-13(19)2)15(20)21-16(3,4)5/h6-7,10,13H,8-9,11H2,1-5H3. The number of hydrogen-bond donors (Lipinski definition) is 0. The van der Waals surface area contributed by atoms with Crippen molar-refractivity contribution < 1.29 is 9.53 Å². The Hall–Kier alpha value is -1.78. The highest BCUT2D eigenvalue weighted by atomic mass is 16.6. The Bertz CT molecular complexity index is 493. The maximum Gasteiger partial charge on any atom is 0.410 e. The van der Waals surface area contributed by atoms with Gasteiger partial charge in [0.15, 0.2) is 0 Å². The second kappa shape index (κ2) is 5.92. The molecule has 0 N–H and O–H groups in total. The topological polar surface area (TPSA) is 45.7 Å². The monoisotopic (exact) mass is 291 g/mol. The summed E-state index contributed by atoms with van der Waals surface area (Å²) in [6, 6.07) is 4.33. The Morgan fingerprint density at radius 2 is 2.05 bits per heavy atom. The second-order valence-corrected chi connectivity index (χ2v) is 6.66. The van der Waals surface area contributed by atoms with E-state index in [1.807, 2.05) is 40.0 Å². The van der Waals surface area contributed by atoms with E-state index in [4.69, 9.17) is 4.74 Å². The molecule has 5 heteroatoms. The van der Waals surface area contributed by atoms with Crippen LogP contribution in [0.15, 0.2) is 18.3 Å². The fourth-order valence-electron chi connectivity index (χ4n) is 2.42. The molecule has 0 saturated carbocycles. The number of aromatic nitrogens is 1. The number of ether oxygens (including phenoxy) is 1. The summed E-state index contributed by atoms with van der Waals surface area (Å²) in [5.41, 5.74) is 0.703. The average Bonchev–Trinajstić information content (AvgIpc) is 2.38. The highest BCUT2D eigenvalue weighted by molar-refractivity contribution is 5.68. The smallest absolute Gasteiger partial charge is 0.410 e. The van der Waals surface area contributed by atoms with Gasteiger partial charge in [-0.15, -0.1) is 0 Å². The first kappa shape index (κ1) is 15.6. The fraction of sp³-hybridized carbons (Fsp3) is 0.625. The lowest BCUT2D eigenvalue weighted by molar-refractivity contribution is 0.0218. The minimum absolute atomic E-state index is 0.224. The van der Waals surface area contributed by atoms with Crippen molar-refractivity contribution >= 4 is 11.9 Å². The molecule has 1 fully saturated rings. The van der Waals surface area contributed by atoms with Gasteiger partial charge < -0.3 is 14.5 Å². The highest BCUT2D eigenvalue weighted by Crippen LogP contribution is 2.20. The first-order valence-corrected chi connectivity index (χ1v) is 7.43. The molecule has 2 heterocycles. The summed E-state index contributed by atoms with van der Waals surface area (Å²) in [5.74, 6) is 0.969. The molecular weight excluding hydrogens is 266 g/mol. The van der Waals surface area contributed by atoms with Crippen molar-refractivity contribution in [2.45, 2.75) is 46.3 Å². The molecule has 0 aromatic carbocycles. The van der Waals surface area contributed by atoms with Crippen LogP contribution in [0, 0.1) is 6.92 Å². The number of piperazine rings is 1. The molecule has 1 atom stereocenters.